The van der Waals surface area contributed by atoms with Crippen molar-refractivity contribution in [3.8, 4) is 6.07 Å². The number of nitrogens with zero attached hydrogens (tertiary/aromatic N) is 2. The number of hydrogen-bond acceptors (Lipinski definition) is 4. The first-order valence-corrected chi connectivity index (χ1v) is 6.85. The van der Waals surface area contributed by atoms with Crippen molar-refractivity contribution < 1.29 is 5.11 Å². The van der Waals surface area contributed by atoms with E-state index in [0.717, 1.165) is 37.1 Å². The van der Waals surface area contributed by atoms with E-state index >= 15 is 0 Å². The first-order chi connectivity index (χ1) is 9.12. The fourth-order valence-electron chi connectivity index (χ4n) is 2.29. The van der Waals surface area contributed by atoms with Gasteiger partial charge < -0.3 is 10.4 Å². The fourth-order valence-corrected chi connectivity index (χ4v) is 2.29. The van der Waals surface area contributed by atoms with Crippen molar-refractivity contribution in [2.45, 2.75) is 40.0 Å². The van der Waals surface area contributed by atoms with Crippen LogP contribution in [0.4, 0.5) is 5.82 Å². The highest BCUT2D eigenvalue weighted by Crippen LogP contribution is 2.19. The molecule has 4 heteroatoms. The van der Waals surface area contributed by atoms with Gasteiger partial charge in [-0.1, -0.05) is 13.3 Å². The van der Waals surface area contributed by atoms with E-state index in [1.165, 1.54) is 0 Å². The number of aryl methyl sites for hydroxylation is 2. The van der Waals surface area contributed by atoms with Crippen molar-refractivity contribution in [1.82, 2.24) is 4.98 Å². The van der Waals surface area contributed by atoms with E-state index in [1.54, 1.807) is 0 Å². The zero-order valence-corrected chi connectivity index (χ0v) is 12.0. The number of hydrogen-bond donors (Lipinski definition) is 2. The van der Waals surface area contributed by atoms with Gasteiger partial charge in [0.15, 0.2) is 0 Å². The Labute approximate surface area is 115 Å². The summed E-state index contributed by atoms with van der Waals surface area (Å²) < 4.78 is 0. The largest absolute Gasteiger partial charge is 0.396 e. The molecule has 2 N–H and O–H groups in total. The highest BCUT2D eigenvalue weighted by Gasteiger charge is 2.11. The Bertz CT molecular complexity index is 445. The van der Waals surface area contributed by atoms with Crippen LogP contribution in [0.25, 0.3) is 0 Å². The van der Waals surface area contributed by atoms with Crippen LogP contribution in [0.1, 0.15) is 43.0 Å². The van der Waals surface area contributed by atoms with Crippen molar-refractivity contribution in [2.24, 2.45) is 5.92 Å². The quantitative estimate of drug-likeness (QED) is 0.792. The van der Waals surface area contributed by atoms with Crippen LogP contribution in [0.15, 0.2) is 6.07 Å². The van der Waals surface area contributed by atoms with Gasteiger partial charge in [0.2, 0.25) is 0 Å². The zero-order chi connectivity index (χ0) is 14.3. The van der Waals surface area contributed by atoms with Crippen molar-refractivity contribution in [1.29, 1.82) is 5.26 Å². The lowest BCUT2D eigenvalue weighted by Crippen LogP contribution is -2.17. The minimum Gasteiger partial charge on any atom is -0.396 e. The zero-order valence-electron chi connectivity index (χ0n) is 12.0. The Kier molecular flexibility index (Phi) is 6.31. The van der Waals surface area contributed by atoms with Crippen LogP contribution in [0.3, 0.4) is 0 Å². The molecule has 0 saturated carbocycles. The van der Waals surface area contributed by atoms with Gasteiger partial charge in [-0.3, -0.25) is 0 Å². The summed E-state index contributed by atoms with van der Waals surface area (Å²) >= 11 is 0. The molecule has 1 aromatic heterocycles. The number of aliphatic hydroxyl groups is 1. The predicted molar refractivity (Wildman–Crippen MR) is 77.0 cm³/mol. The molecule has 0 aromatic carbocycles. The number of rotatable bonds is 7. The Hall–Kier alpha value is -1.60. The minimum atomic E-state index is 0.206. The molecule has 104 valence electrons. The molecule has 0 aliphatic rings. The third kappa shape index (κ3) is 4.53. The summed E-state index contributed by atoms with van der Waals surface area (Å²) in [4.78, 5) is 4.40. The summed E-state index contributed by atoms with van der Waals surface area (Å²) in [6, 6.07) is 4.12. The second-order valence-corrected chi connectivity index (χ2v) is 4.96. The van der Waals surface area contributed by atoms with Gasteiger partial charge in [0.1, 0.15) is 11.9 Å². The molecule has 0 bridgehead atoms. The molecule has 1 rings (SSSR count). The highest BCUT2D eigenvalue weighted by molar-refractivity contribution is 5.56. The predicted octanol–water partition coefficient (Wildman–Crippen LogP) is 2.78. The molecule has 0 aliphatic carbocycles. The topological polar surface area (TPSA) is 68.9 Å². The van der Waals surface area contributed by atoms with Crippen LogP contribution in [0.5, 0.6) is 0 Å². The first-order valence-electron chi connectivity index (χ1n) is 6.85. The van der Waals surface area contributed by atoms with E-state index in [2.05, 4.69) is 23.3 Å². The monoisotopic (exact) mass is 261 g/mol. The van der Waals surface area contributed by atoms with Gasteiger partial charge in [-0.25, -0.2) is 4.98 Å². The van der Waals surface area contributed by atoms with Crippen LogP contribution >= 0.6 is 0 Å². The van der Waals surface area contributed by atoms with Crippen LogP contribution < -0.4 is 5.32 Å². The van der Waals surface area contributed by atoms with Crippen molar-refractivity contribution in [3.63, 3.8) is 0 Å². The van der Waals surface area contributed by atoms with Gasteiger partial charge in [0.25, 0.3) is 0 Å². The van der Waals surface area contributed by atoms with E-state index in [0.29, 0.717) is 17.3 Å². The summed E-state index contributed by atoms with van der Waals surface area (Å²) in [6.07, 6.45) is 2.95. The molecule has 19 heavy (non-hydrogen) atoms. The molecule has 4 nitrogen and oxygen atoms in total. The lowest BCUT2D eigenvalue weighted by atomic mass is 10.00. The number of aromatic nitrogens is 1. The van der Waals surface area contributed by atoms with Gasteiger partial charge >= 0.3 is 0 Å². The van der Waals surface area contributed by atoms with Crippen molar-refractivity contribution in [3.05, 3.63) is 22.9 Å². The SMILES string of the molecule is CCCC(CCO)CNc1nc(C)cc(C)c1C#N. The Morgan fingerprint density at radius 3 is 2.74 bits per heavy atom. The average molecular weight is 261 g/mol. The Morgan fingerprint density at radius 1 is 1.42 bits per heavy atom. The summed E-state index contributed by atoms with van der Waals surface area (Å²) in [5, 5.41) is 21.5. The van der Waals surface area contributed by atoms with Crippen LogP contribution in [0.2, 0.25) is 0 Å². The van der Waals surface area contributed by atoms with E-state index in [4.69, 9.17) is 5.11 Å². The van der Waals surface area contributed by atoms with Gasteiger partial charge in [0.05, 0.1) is 5.56 Å². The second kappa shape index (κ2) is 7.75. The molecule has 0 fully saturated rings. The van der Waals surface area contributed by atoms with Crippen LogP contribution in [0, 0.1) is 31.1 Å². The Morgan fingerprint density at radius 2 is 2.16 bits per heavy atom. The lowest BCUT2D eigenvalue weighted by molar-refractivity contribution is 0.255. The highest BCUT2D eigenvalue weighted by atomic mass is 16.3. The third-order valence-corrected chi connectivity index (χ3v) is 3.25. The molecule has 1 aromatic rings. The maximum Gasteiger partial charge on any atom is 0.144 e. The molecule has 0 amide bonds. The van der Waals surface area contributed by atoms with Crippen molar-refractivity contribution >= 4 is 5.82 Å². The summed E-state index contributed by atoms with van der Waals surface area (Å²) in [5.74, 6) is 1.09. The van der Waals surface area contributed by atoms with E-state index in [-0.39, 0.29) is 6.61 Å². The Balaban J connectivity index is 2.79. The van der Waals surface area contributed by atoms with Gasteiger partial charge in [-0.2, -0.15) is 5.26 Å². The molecule has 0 radical (unpaired) electrons. The van der Waals surface area contributed by atoms with Crippen molar-refractivity contribution in [2.75, 3.05) is 18.5 Å². The number of aliphatic hydroxyl groups excluding tert-OH is 1. The van der Waals surface area contributed by atoms with Crippen LogP contribution in [-0.2, 0) is 0 Å². The molecule has 0 saturated heterocycles. The maximum atomic E-state index is 9.19. The fraction of sp³-hybridized carbons (Fsp3) is 0.600. The molecule has 1 heterocycles. The van der Waals surface area contributed by atoms with E-state index < -0.39 is 0 Å². The lowest BCUT2D eigenvalue weighted by Gasteiger charge is -2.17. The summed E-state index contributed by atoms with van der Waals surface area (Å²) in [6.45, 7) is 6.95. The van der Waals surface area contributed by atoms with Gasteiger partial charge in [-0.15, -0.1) is 0 Å². The molecule has 1 atom stereocenters. The van der Waals surface area contributed by atoms with Gasteiger partial charge in [-0.05, 0) is 44.2 Å². The van der Waals surface area contributed by atoms with Crippen LogP contribution in [-0.4, -0.2) is 23.2 Å². The third-order valence-electron chi connectivity index (χ3n) is 3.25. The van der Waals surface area contributed by atoms with Gasteiger partial charge in [0, 0.05) is 18.8 Å². The normalized spacial score (nSPS) is 11.9. The average Bonchev–Trinajstić information content (AvgIpc) is 2.36. The molecule has 1 unspecified atom stereocenters. The standard InChI is InChI=1S/C15H23N3O/c1-4-5-13(6-7-19)10-17-15-14(9-16)11(2)8-12(3)18-15/h8,13,19H,4-7,10H2,1-3H3,(H,17,18). The number of pyridine rings is 1. The first kappa shape index (κ1) is 15.5. The molecule has 0 aliphatic heterocycles. The number of nitrogens with one attached hydrogen (secondary N) is 1. The minimum absolute atomic E-state index is 0.206. The summed E-state index contributed by atoms with van der Waals surface area (Å²) in [7, 11) is 0. The molecule has 0 spiro atoms. The number of anilines is 1. The maximum absolute atomic E-state index is 9.19. The number of nitriles is 1. The molecular formula is C15H23N3O. The second-order valence-electron chi connectivity index (χ2n) is 4.96. The summed E-state index contributed by atoms with van der Waals surface area (Å²) in [5.41, 5.74) is 2.48. The van der Waals surface area contributed by atoms with E-state index in [1.807, 2.05) is 19.9 Å². The van der Waals surface area contributed by atoms with E-state index in [9.17, 15) is 5.26 Å². The smallest absolute Gasteiger partial charge is 0.144 e. The molecular weight excluding hydrogens is 238 g/mol.